The van der Waals surface area contributed by atoms with Crippen molar-refractivity contribution in [2.45, 2.75) is 40.2 Å². The Hall–Kier alpha value is -1.55. The van der Waals surface area contributed by atoms with E-state index in [0.29, 0.717) is 5.92 Å². The molecule has 2 atom stereocenters. The molecule has 2 unspecified atom stereocenters. The van der Waals surface area contributed by atoms with Gasteiger partial charge >= 0.3 is 0 Å². The molecule has 21 heavy (non-hydrogen) atoms. The third-order valence-corrected chi connectivity index (χ3v) is 4.45. The zero-order chi connectivity index (χ0) is 15.6. The van der Waals surface area contributed by atoms with Gasteiger partial charge in [0.15, 0.2) is 6.61 Å². The van der Waals surface area contributed by atoms with Gasteiger partial charge in [-0.3, -0.25) is 4.79 Å². The van der Waals surface area contributed by atoms with E-state index in [1.165, 1.54) is 5.56 Å². The molecule has 2 N–H and O–H groups in total. The lowest BCUT2D eigenvalue weighted by Crippen LogP contribution is -2.27. The number of carbonyl (C=O) groups is 1. The summed E-state index contributed by atoms with van der Waals surface area (Å²) < 4.78 is 5.41. The van der Waals surface area contributed by atoms with E-state index >= 15 is 0 Å². The molecule has 116 valence electrons. The zero-order valence-corrected chi connectivity index (χ0v) is 13.6. The van der Waals surface area contributed by atoms with Gasteiger partial charge in [0.2, 0.25) is 0 Å². The number of ether oxygens (including phenoxy) is 1. The standard InChI is InChI=1S/C17H26N2O2/c1-11(17(2,3)4)8-13(18-5)12-6-7-15-14(9-12)19-16(20)10-21-15/h6-7,9,11,13,18H,8,10H2,1-5H3,(H,19,20). The van der Waals surface area contributed by atoms with E-state index in [0.717, 1.165) is 17.9 Å². The molecule has 0 bridgehead atoms. The molecule has 1 aromatic carbocycles. The Bertz CT molecular complexity index is 520. The van der Waals surface area contributed by atoms with Crippen molar-refractivity contribution < 1.29 is 9.53 Å². The highest BCUT2D eigenvalue weighted by atomic mass is 16.5. The fourth-order valence-corrected chi connectivity index (χ4v) is 2.45. The molecule has 1 amide bonds. The third kappa shape index (κ3) is 3.76. The van der Waals surface area contributed by atoms with Gasteiger partial charge in [0.1, 0.15) is 5.75 Å². The summed E-state index contributed by atoms with van der Waals surface area (Å²) in [6, 6.07) is 6.30. The Kier molecular flexibility index (Phi) is 4.57. The van der Waals surface area contributed by atoms with Crippen LogP contribution in [0, 0.1) is 11.3 Å². The number of hydrogen-bond donors (Lipinski definition) is 2. The van der Waals surface area contributed by atoms with E-state index in [4.69, 9.17) is 4.74 Å². The second-order valence-electron chi connectivity index (χ2n) is 6.94. The van der Waals surface area contributed by atoms with Gasteiger partial charge in [0.05, 0.1) is 5.69 Å². The van der Waals surface area contributed by atoms with Gasteiger partial charge in [-0.15, -0.1) is 0 Å². The maximum absolute atomic E-state index is 11.4. The van der Waals surface area contributed by atoms with E-state index in [9.17, 15) is 4.79 Å². The van der Waals surface area contributed by atoms with E-state index in [1.54, 1.807) is 0 Å². The largest absolute Gasteiger partial charge is 0.482 e. The summed E-state index contributed by atoms with van der Waals surface area (Å²) in [6.45, 7) is 9.19. The predicted molar refractivity (Wildman–Crippen MR) is 85.6 cm³/mol. The first-order valence-electron chi connectivity index (χ1n) is 7.55. The minimum Gasteiger partial charge on any atom is -0.482 e. The molecule has 0 saturated heterocycles. The molecule has 0 aromatic heterocycles. The molecular formula is C17H26N2O2. The number of carbonyl (C=O) groups excluding carboxylic acids is 1. The molecule has 4 nitrogen and oxygen atoms in total. The molecule has 0 fully saturated rings. The zero-order valence-electron chi connectivity index (χ0n) is 13.6. The number of anilines is 1. The first-order valence-corrected chi connectivity index (χ1v) is 7.55. The summed E-state index contributed by atoms with van der Waals surface area (Å²) in [6.07, 6.45) is 1.05. The van der Waals surface area contributed by atoms with Crippen molar-refractivity contribution in [1.82, 2.24) is 5.32 Å². The Labute approximate surface area is 127 Å². The lowest BCUT2D eigenvalue weighted by atomic mass is 9.77. The molecule has 0 saturated carbocycles. The lowest BCUT2D eigenvalue weighted by molar-refractivity contribution is -0.118. The Morgan fingerprint density at radius 1 is 1.38 bits per heavy atom. The summed E-state index contributed by atoms with van der Waals surface area (Å²) in [5.41, 5.74) is 2.23. The highest BCUT2D eigenvalue weighted by Crippen LogP contribution is 2.36. The van der Waals surface area contributed by atoms with Gasteiger partial charge in [-0.25, -0.2) is 0 Å². The lowest BCUT2D eigenvalue weighted by Gasteiger charge is -2.31. The highest BCUT2D eigenvalue weighted by Gasteiger charge is 2.25. The molecule has 1 aromatic rings. The van der Waals surface area contributed by atoms with Crippen LogP contribution in [0.3, 0.4) is 0 Å². The minimum absolute atomic E-state index is 0.0938. The SMILES string of the molecule is CNC(CC(C)C(C)(C)C)c1ccc2c(c1)NC(=O)CO2. The van der Waals surface area contributed by atoms with Crippen LogP contribution in [0.1, 0.15) is 45.7 Å². The smallest absolute Gasteiger partial charge is 0.262 e. The molecule has 0 spiro atoms. The van der Waals surface area contributed by atoms with Gasteiger partial charge in [0, 0.05) is 6.04 Å². The minimum atomic E-state index is -0.0938. The third-order valence-electron chi connectivity index (χ3n) is 4.45. The topological polar surface area (TPSA) is 50.4 Å². The van der Waals surface area contributed by atoms with E-state index in [2.05, 4.69) is 44.4 Å². The molecule has 1 aliphatic heterocycles. The maximum Gasteiger partial charge on any atom is 0.262 e. The molecule has 1 heterocycles. The molecule has 4 heteroatoms. The molecule has 0 aliphatic carbocycles. The van der Waals surface area contributed by atoms with Crippen LogP contribution in [-0.4, -0.2) is 19.6 Å². The van der Waals surface area contributed by atoms with Crippen molar-refractivity contribution in [1.29, 1.82) is 0 Å². The monoisotopic (exact) mass is 290 g/mol. The number of benzene rings is 1. The number of hydrogen-bond acceptors (Lipinski definition) is 3. The van der Waals surface area contributed by atoms with Crippen molar-refractivity contribution in [3.05, 3.63) is 23.8 Å². The van der Waals surface area contributed by atoms with Gasteiger partial charge in [0.25, 0.3) is 5.91 Å². The summed E-state index contributed by atoms with van der Waals surface area (Å²) in [5.74, 6) is 1.23. The quantitative estimate of drug-likeness (QED) is 0.894. The first kappa shape index (κ1) is 15.8. The highest BCUT2D eigenvalue weighted by molar-refractivity contribution is 5.95. The van der Waals surface area contributed by atoms with Crippen LogP contribution in [0.15, 0.2) is 18.2 Å². The van der Waals surface area contributed by atoms with Crippen LogP contribution < -0.4 is 15.4 Å². The van der Waals surface area contributed by atoms with Gasteiger partial charge in [-0.05, 0) is 42.5 Å². The summed E-state index contributed by atoms with van der Waals surface area (Å²) in [4.78, 5) is 11.4. The summed E-state index contributed by atoms with van der Waals surface area (Å²) in [5, 5.41) is 6.26. The predicted octanol–water partition coefficient (Wildman–Crippen LogP) is 3.35. The maximum atomic E-state index is 11.4. The summed E-state index contributed by atoms with van der Waals surface area (Å²) >= 11 is 0. The molecular weight excluding hydrogens is 264 g/mol. The van der Waals surface area contributed by atoms with Crippen LogP contribution in [0.4, 0.5) is 5.69 Å². The second kappa shape index (κ2) is 6.06. The number of amides is 1. The normalized spacial score (nSPS) is 17.5. The average molecular weight is 290 g/mol. The van der Waals surface area contributed by atoms with Crippen LogP contribution in [0.2, 0.25) is 0 Å². The fourth-order valence-electron chi connectivity index (χ4n) is 2.45. The van der Waals surface area contributed by atoms with E-state index in [1.807, 2.05) is 19.2 Å². The summed E-state index contributed by atoms with van der Waals surface area (Å²) in [7, 11) is 1.98. The second-order valence-corrected chi connectivity index (χ2v) is 6.94. The van der Waals surface area contributed by atoms with Gasteiger partial charge in [-0.2, -0.15) is 0 Å². The van der Waals surface area contributed by atoms with E-state index < -0.39 is 0 Å². The van der Waals surface area contributed by atoms with Crippen molar-refractivity contribution in [2.75, 3.05) is 19.0 Å². The van der Waals surface area contributed by atoms with Crippen molar-refractivity contribution in [3.8, 4) is 5.75 Å². The van der Waals surface area contributed by atoms with Crippen LogP contribution >= 0.6 is 0 Å². The Morgan fingerprint density at radius 3 is 2.71 bits per heavy atom. The van der Waals surface area contributed by atoms with Crippen molar-refractivity contribution in [3.63, 3.8) is 0 Å². The Morgan fingerprint density at radius 2 is 2.10 bits per heavy atom. The number of fused-ring (bicyclic) bond motifs is 1. The van der Waals surface area contributed by atoms with Gasteiger partial charge < -0.3 is 15.4 Å². The van der Waals surface area contributed by atoms with Crippen LogP contribution in [0.25, 0.3) is 0 Å². The van der Waals surface area contributed by atoms with Crippen LogP contribution in [0.5, 0.6) is 5.75 Å². The van der Waals surface area contributed by atoms with Crippen molar-refractivity contribution in [2.24, 2.45) is 11.3 Å². The van der Waals surface area contributed by atoms with Gasteiger partial charge in [-0.1, -0.05) is 33.8 Å². The fraction of sp³-hybridized carbons (Fsp3) is 0.588. The van der Waals surface area contributed by atoms with Crippen LogP contribution in [-0.2, 0) is 4.79 Å². The Balaban J connectivity index is 2.19. The molecule has 0 radical (unpaired) electrons. The first-order chi connectivity index (χ1) is 9.81. The van der Waals surface area contributed by atoms with Crippen molar-refractivity contribution >= 4 is 11.6 Å². The molecule has 2 rings (SSSR count). The number of nitrogens with one attached hydrogen (secondary N) is 2. The molecule has 1 aliphatic rings. The van der Waals surface area contributed by atoms with E-state index in [-0.39, 0.29) is 24.0 Å². The number of rotatable bonds is 4. The average Bonchev–Trinajstić information content (AvgIpc) is 2.42.